The van der Waals surface area contributed by atoms with Crippen LogP contribution in [0.2, 0.25) is 0 Å². The second-order valence-electron chi connectivity index (χ2n) is 21.6. The van der Waals surface area contributed by atoms with E-state index in [1.807, 2.05) is 0 Å². The molecule has 0 N–H and O–H groups in total. The Morgan fingerprint density at radius 2 is 0.520 bits per heavy atom. The zero-order valence-corrected chi connectivity index (χ0v) is 49.8. The molecule has 0 aliphatic rings. The first-order chi connectivity index (χ1) is 37.0. The average Bonchev–Trinajstić information content (AvgIpc) is 3.41. The molecule has 0 fully saturated rings. The molecular weight excluding hydrogens is 925 g/mol. The van der Waals surface area contributed by atoms with E-state index in [1.165, 1.54) is 193 Å². The van der Waals surface area contributed by atoms with Gasteiger partial charge in [0.1, 0.15) is 13.2 Å². The van der Waals surface area contributed by atoms with Crippen molar-refractivity contribution in [2.75, 3.05) is 13.2 Å². The zero-order valence-electron chi connectivity index (χ0n) is 49.8. The predicted molar refractivity (Wildman–Crippen MR) is 325 cm³/mol. The Morgan fingerprint density at radius 1 is 0.280 bits per heavy atom. The molecule has 0 aromatic rings. The van der Waals surface area contributed by atoms with Crippen LogP contribution < -0.4 is 0 Å². The van der Waals surface area contributed by atoms with Crippen LogP contribution in [0.5, 0.6) is 0 Å². The highest BCUT2D eigenvalue weighted by molar-refractivity contribution is 5.71. The van der Waals surface area contributed by atoms with Gasteiger partial charge in [0, 0.05) is 19.3 Å². The molecule has 0 saturated heterocycles. The molecule has 0 aliphatic heterocycles. The maximum absolute atomic E-state index is 12.9. The molecular formula is C69H122O6. The second kappa shape index (κ2) is 63.4. The van der Waals surface area contributed by atoms with Crippen molar-refractivity contribution in [3.63, 3.8) is 0 Å². The molecule has 0 aromatic heterocycles. The molecule has 6 nitrogen and oxygen atoms in total. The van der Waals surface area contributed by atoms with Crippen LogP contribution in [0.1, 0.15) is 329 Å². The average molecular weight is 1050 g/mol. The van der Waals surface area contributed by atoms with Gasteiger partial charge in [-0.05, 0) is 89.9 Å². The van der Waals surface area contributed by atoms with E-state index in [1.54, 1.807) is 0 Å². The summed E-state index contributed by atoms with van der Waals surface area (Å²) >= 11 is 0. The van der Waals surface area contributed by atoms with E-state index in [-0.39, 0.29) is 31.1 Å². The van der Waals surface area contributed by atoms with Crippen molar-refractivity contribution in [3.8, 4) is 0 Å². The molecule has 0 rings (SSSR count). The van der Waals surface area contributed by atoms with Crippen LogP contribution in [0.25, 0.3) is 0 Å². The molecule has 0 aliphatic carbocycles. The van der Waals surface area contributed by atoms with E-state index in [2.05, 4.69) is 93.7 Å². The minimum atomic E-state index is -0.778. The van der Waals surface area contributed by atoms with Crippen molar-refractivity contribution in [3.05, 3.63) is 72.9 Å². The van der Waals surface area contributed by atoms with Gasteiger partial charge in [-0.3, -0.25) is 14.4 Å². The van der Waals surface area contributed by atoms with Gasteiger partial charge in [-0.15, -0.1) is 0 Å². The number of carbonyl (C=O) groups excluding carboxylic acids is 3. The van der Waals surface area contributed by atoms with Crippen LogP contribution in [-0.4, -0.2) is 37.2 Å². The fraction of sp³-hybridized carbons (Fsp3) is 0.783. The number of esters is 3. The number of hydrogen-bond donors (Lipinski definition) is 0. The summed E-state index contributed by atoms with van der Waals surface area (Å²) in [5.74, 6) is -0.866. The summed E-state index contributed by atoms with van der Waals surface area (Å²) < 4.78 is 16.9. The van der Waals surface area contributed by atoms with Crippen LogP contribution in [0.15, 0.2) is 72.9 Å². The second-order valence-corrected chi connectivity index (χ2v) is 21.6. The minimum absolute atomic E-state index is 0.0742. The van der Waals surface area contributed by atoms with Crippen LogP contribution in [-0.2, 0) is 28.6 Å². The number of allylic oxidation sites excluding steroid dienone is 12. The molecule has 434 valence electrons. The fourth-order valence-electron chi connectivity index (χ4n) is 9.35. The molecule has 1 atom stereocenters. The summed E-state index contributed by atoms with van der Waals surface area (Å²) in [6, 6.07) is 0. The number of ether oxygens (including phenoxy) is 3. The summed E-state index contributed by atoms with van der Waals surface area (Å²) in [5, 5.41) is 0. The Kier molecular flexibility index (Phi) is 60.7. The van der Waals surface area contributed by atoms with Gasteiger partial charge in [0.15, 0.2) is 6.10 Å². The molecule has 0 spiro atoms. The standard InChI is InChI=1S/C69H122O6/c1-4-7-10-13-16-19-22-25-27-29-31-32-33-34-35-36-38-39-41-44-47-50-53-56-59-62-68(71)74-65-66(64-73-67(70)61-58-55-52-49-46-43-24-21-18-15-12-9-6-3)75-69(72)63-60-57-54-51-48-45-42-40-37-30-28-26-23-20-17-14-11-8-5-2/h7,10,16,19,25-28,31-32,34-35,66H,4-6,8-9,11-15,17-18,20-24,29-30,33,36-65H2,1-3H3/b10-7-,19-16-,27-25-,28-26-,32-31-,35-34-. The van der Waals surface area contributed by atoms with Crippen LogP contribution in [0.3, 0.4) is 0 Å². The Labute approximate surface area is 465 Å². The van der Waals surface area contributed by atoms with Gasteiger partial charge in [0.25, 0.3) is 0 Å². The van der Waals surface area contributed by atoms with Gasteiger partial charge >= 0.3 is 17.9 Å². The molecule has 6 heteroatoms. The smallest absolute Gasteiger partial charge is 0.306 e. The van der Waals surface area contributed by atoms with Gasteiger partial charge in [-0.25, -0.2) is 0 Å². The largest absolute Gasteiger partial charge is 0.462 e. The van der Waals surface area contributed by atoms with Crippen LogP contribution in [0, 0.1) is 0 Å². The van der Waals surface area contributed by atoms with Crippen molar-refractivity contribution in [1.82, 2.24) is 0 Å². The number of hydrogen-bond acceptors (Lipinski definition) is 6. The highest BCUT2D eigenvalue weighted by atomic mass is 16.6. The summed E-state index contributed by atoms with van der Waals surface area (Å²) in [5.41, 5.74) is 0. The summed E-state index contributed by atoms with van der Waals surface area (Å²) in [4.78, 5) is 38.3. The van der Waals surface area contributed by atoms with Gasteiger partial charge in [-0.1, -0.05) is 293 Å². The normalized spacial score (nSPS) is 12.5. The Morgan fingerprint density at radius 3 is 0.827 bits per heavy atom. The lowest BCUT2D eigenvalue weighted by Crippen LogP contribution is -2.30. The highest BCUT2D eigenvalue weighted by Crippen LogP contribution is 2.17. The highest BCUT2D eigenvalue weighted by Gasteiger charge is 2.19. The molecule has 0 heterocycles. The van der Waals surface area contributed by atoms with E-state index < -0.39 is 6.10 Å². The molecule has 0 aromatic carbocycles. The first-order valence-electron chi connectivity index (χ1n) is 32.4. The Hall–Kier alpha value is -3.15. The third-order valence-corrected chi connectivity index (χ3v) is 14.2. The maximum atomic E-state index is 12.9. The number of carbonyl (C=O) groups is 3. The minimum Gasteiger partial charge on any atom is -0.462 e. The van der Waals surface area contributed by atoms with E-state index >= 15 is 0 Å². The van der Waals surface area contributed by atoms with E-state index in [4.69, 9.17) is 14.2 Å². The monoisotopic (exact) mass is 1050 g/mol. The van der Waals surface area contributed by atoms with Crippen molar-refractivity contribution < 1.29 is 28.6 Å². The molecule has 0 bridgehead atoms. The van der Waals surface area contributed by atoms with Crippen LogP contribution in [0.4, 0.5) is 0 Å². The van der Waals surface area contributed by atoms with Gasteiger partial charge in [0.2, 0.25) is 0 Å². The first kappa shape index (κ1) is 71.8. The SMILES string of the molecule is CC/C=C\C/C=C\C/C=C\C/C=C\C/C=C\CCCCCCCCCCCC(=O)OCC(COC(=O)CCCCCCCCCCCCCCC)OC(=O)CCCCCCCCCCC/C=C\CCCCCCCC. The third-order valence-electron chi connectivity index (χ3n) is 14.2. The van der Waals surface area contributed by atoms with Crippen LogP contribution >= 0.6 is 0 Å². The Balaban J connectivity index is 4.31. The maximum Gasteiger partial charge on any atom is 0.306 e. The van der Waals surface area contributed by atoms with Crippen molar-refractivity contribution in [2.45, 2.75) is 335 Å². The number of unbranched alkanes of at least 4 members (excludes halogenated alkanes) is 36. The van der Waals surface area contributed by atoms with Crippen molar-refractivity contribution in [2.24, 2.45) is 0 Å². The quantitative estimate of drug-likeness (QED) is 0.0261. The van der Waals surface area contributed by atoms with E-state index in [9.17, 15) is 14.4 Å². The molecule has 1 unspecified atom stereocenters. The van der Waals surface area contributed by atoms with Gasteiger partial charge in [-0.2, -0.15) is 0 Å². The molecule has 0 saturated carbocycles. The van der Waals surface area contributed by atoms with Crippen molar-refractivity contribution in [1.29, 1.82) is 0 Å². The lowest BCUT2D eigenvalue weighted by molar-refractivity contribution is -0.167. The molecule has 0 amide bonds. The van der Waals surface area contributed by atoms with E-state index in [0.717, 1.165) is 96.3 Å². The van der Waals surface area contributed by atoms with Crippen molar-refractivity contribution >= 4 is 17.9 Å². The Bertz CT molecular complexity index is 1390. The molecule has 75 heavy (non-hydrogen) atoms. The zero-order chi connectivity index (χ0) is 54.3. The molecule has 0 radical (unpaired) electrons. The summed E-state index contributed by atoms with van der Waals surface area (Å²) in [7, 11) is 0. The lowest BCUT2D eigenvalue weighted by Gasteiger charge is -2.18. The third kappa shape index (κ3) is 61.6. The van der Waals surface area contributed by atoms with Gasteiger partial charge in [0.05, 0.1) is 0 Å². The lowest BCUT2D eigenvalue weighted by atomic mass is 10.0. The van der Waals surface area contributed by atoms with E-state index in [0.29, 0.717) is 19.3 Å². The van der Waals surface area contributed by atoms with Gasteiger partial charge < -0.3 is 14.2 Å². The summed E-state index contributed by atoms with van der Waals surface area (Å²) in [6.07, 6.45) is 81.9. The topological polar surface area (TPSA) is 78.9 Å². The number of rotatable bonds is 59. The summed E-state index contributed by atoms with van der Waals surface area (Å²) in [6.45, 7) is 6.56. The fourth-order valence-corrected chi connectivity index (χ4v) is 9.35. The first-order valence-corrected chi connectivity index (χ1v) is 32.4. The predicted octanol–water partition coefficient (Wildman–Crippen LogP) is 22.1.